The average molecular weight is 390 g/mol. The summed E-state index contributed by atoms with van der Waals surface area (Å²) in [4.78, 5) is 42.2. The number of aromatic nitrogens is 1. The number of pyridine rings is 1. The predicted octanol–water partition coefficient (Wildman–Crippen LogP) is 2.21. The third-order valence-corrected chi connectivity index (χ3v) is 4.62. The quantitative estimate of drug-likeness (QED) is 0.743. The van der Waals surface area contributed by atoms with Gasteiger partial charge in [-0.05, 0) is 44.2 Å². The van der Waals surface area contributed by atoms with Gasteiger partial charge in [0, 0.05) is 37.4 Å². The van der Waals surface area contributed by atoms with Gasteiger partial charge in [-0.25, -0.2) is 4.79 Å². The van der Waals surface area contributed by atoms with Gasteiger partial charge in [-0.15, -0.1) is 0 Å². The van der Waals surface area contributed by atoms with Crippen LogP contribution < -0.4 is 10.6 Å². The molecule has 1 aliphatic heterocycles. The second-order valence-electron chi connectivity index (χ2n) is 7.30. The van der Waals surface area contributed by atoms with E-state index < -0.39 is 0 Å². The molecule has 1 saturated heterocycles. The zero-order valence-electron chi connectivity index (χ0n) is 16.9. The van der Waals surface area contributed by atoms with Gasteiger partial charge in [0.1, 0.15) is 5.69 Å². The largest absolute Gasteiger partial charge is 0.450 e. The molecule has 2 rings (SSSR count). The molecule has 0 aliphatic carbocycles. The number of likely N-dealkylation sites (tertiary alicyclic amines) is 1. The van der Waals surface area contributed by atoms with Crippen LogP contribution in [0.3, 0.4) is 0 Å². The zero-order valence-corrected chi connectivity index (χ0v) is 16.9. The van der Waals surface area contributed by atoms with Crippen LogP contribution in [-0.2, 0) is 4.74 Å². The van der Waals surface area contributed by atoms with Crippen molar-refractivity contribution in [2.24, 2.45) is 5.92 Å². The maximum Gasteiger partial charge on any atom is 0.409 e. The summed E-state index contributed by atoms with van der Waals surface area (Å²) in [5.74, 6) is -0.0214. The highest BCUT2D eigenvalue weighted by molar-refractivity contribution is 5.98. The summed E-state index contributed by atoms with van der Waals surface area (Å²) in [6.07, 6.45) is 3.37. The molecule has 2 N–H and O–H groups in total. The van der Waals surface area contributed by atoms with Gasteiger partial charge >= 0.3 is 6.09 Å². The number of amides is 3. The molecule has 0 saturated carbocycles. The highest BCUT2D eigenvalue weighted by Gasteiger charge is 2.25. The van der Waals surface area contributed by atoms with Gasteiger partial charge in [-0.1, -0.05) is 13.8 Å². The normalized spacial score (nSPS) is 14.6. The Morgan fingerprint density at radius 2 is 1.96 bits per heavy atom. The predicted molar refractivity (Wildman–Crippen MR) is 105 cm³/mol. The maximum atomic E-state index is 12.5. The van der Waals surface area contributed by atoms with E-state index in [1.807, 2.05) is 0 Å². The highest BCUT2D eigenvalue weighted by atomic mass is 16.6. The molecule has 1 aromatic heterocycles. The van der Waals surface area contributed by atoms with Crippen LogP contribution in [-0.4, -0.2) is 60.1 Å². The number of rotatable bonds is 7. The van der Waals surface area contributed by atoms with E-state index in [1.165, 1.54) is 12.3 Å². The fourth-order valence-corrected chi connectivity index (χ4v) is 2.95. The van der Waals surface area contributed by atoms with E-state index in [9.17, 15) is 14.4 Å². The standard InChI is InChI=1S/C20H30N4O4/c1-4-28-20(27)24-11-7-16(8-12-24)23-18(25)15-6-10-21-17(13-15)19(26)22-9-5-14(2)3/h6,10,13-14,16H,4-5,7-9,11-12H2,1-3H3,(H,22,26)(H,23,25). The molecule has 1 aromatic rings. The van der Waals surface area contributed by atoms with Gasteiger partial charge in [0.2, 0.25) is 0 Å². The van der Waals surface area contributed by atoms with Crippen LogP contribution in [0, 0.1) is 5.92 Å². The topological polar surface area (TPSA) is 101 Å². The number of carbonyl (C=O) groups is 3. The maximum absolute atomic E-state index is 12.5. The lowest BCUT2D eigenvalue weighted by atomic mass is 10.0. The van der Waals surface area contributed by atoms with E-state index in [0.717, 1.165) is 6.42 Å². The third-order valence-electron chi connectivity index (χ3n) is 4.62. The van der Waals surface area contributed by atoms with E-state index in [1.54, 1.807) is 17.9 Å². The monoisotopic (exact) mass is 390 g/mol. The van der Waals surface area contributed by atoms with Crippen LogP contribution in [0.15, 0.2) is 18.3 Å². The van der Waals surface area contributed by atoms with Crippen molar-refractivity contribution in [2.75, 3.05) is 26.2 Å². The van der Waals surface area contributed by atoms with Crippen LogP contribution in [0.1, 0.15) is 60.9 Å². The molecular weight excluding hydrogens is 360 g/mol. The van der Waals surface area contributed by atoms with Crippen molar-refractivity contribution in [2.45, 2.75) is 46.1 Å². The smallest absolute Gasteiger partial charge is 0.409 e. The Morgan fingerprint density at radius 1 is 1.25 bits per heavy atom. The van der Waals surface area contributed by atoms with Crippen molar-refractivity contribution in [1.29, 1.82) is 0 Å². The van der Waals surface area contributed by atoms with E-state index in [0.29, 0.717) is 50.6 Å². The fraction of sp³-hybridized carbons (Fsp3) is 0.600. The minimum absolute atomic E-state index is 0.0188. The average Bonchev–Trinajstić information content (AvgIpc) is 2.68. The van der Waals surface area contributed by atoms with Crippen LogP contribution in [0.5, 0.6) is 0 Å². The van der Waals surface area contributed by atoms with Gasteiger partial charge < -0.3 is 20.3 Å². The number of hydrogen-bond acceptors (Lipinski definition) is 5. The molecule has 28 heavy (non-hydrogen) atoms. The molecule has 2 heterocycles. The van der Waals surface area contributed by atoms with Crippen molar-refractivity contribution in [3.05, 3.63) is 29.6 Å². The van der Waals surface area contributed by atoms with Gasteiger partial charge in [0.25, 0.3) is 11.8 Å². The molecule has 0 bridgehead atoms. The number of nitrogens with one attached hydrogen (secondary N) is 2. The number of nitrogens with zero attached hydrogens (tertiary/aromatic N) is 2. The zero-order chi connectivity index (χ0) is 20.5. The molecule has 0 aromatic carbocycles. The van der Waals surface area contributed by atoms with E-state index in [2.05, 4.69) is 29.5 Å². The number of piperidine rings is 1. The van der Waals surface area contributed by atoms with Crippen LogP contribution in [0.4, 0.5) is 4.79 Å². The van der Waals surface area contributed by atoms with Crippen molar-refractivity contribution in [1.82, 2.24) is 20.5 Å². The minimum Gasteiger partial charge on any atom is -0.450 e. The third kappa shape index (κ3) is 6.51. The second kappa shape index (κ2) is 10.6. The van der Waals surface area contributed by atoms with E-state index >= 15 is 0 Å². The first-order valence-electron chi connectivity index (χ1n) is 9.87. The van der Waals surface area contributed by atoms with Gasteiger partial charge in [-0.3, -0.25) is 14.6 Å². The van der Waals surface area contributed by atoms with Crippen LogP contribution in [0.2, 0.25) is 0 Å². The molecule has 154 valence electrons. The minimum atomic E-state index is -0.311. The molecule has 1 aliphatic rings. The van der Waals surface area contributed by atoms with Crippen molar-refractivity contribution in [3.63, 3.8) is 0 Å². The summed E-state index contributed by atoms with van der Waals surface area (Å²) in [5.41, 5.74) is 0.630. The lowest BCUT2D eigenvalue weighted by Gasteiger charge is -2.31. The molecule has 1 fully saturated rings. The SMILES string of the molecule is CCOC(=O)N1CCC(NC(=O)c2ccnc(C(=O)NCCC(C)C)c2)CC1. The van der Waals surface area contributed by atoms with Crippen LogP contribution >= 0.6 is 0 Å². The van der Waals surface area contributed by atoms with E-state index in [4.69, 9.17) is 4.74 Å². The molecule has 0 spiro atoms. The summed E-state index contributed by atoms with van der Waals surface area (Å²) in [7, 11) is 0. The highest BCUT2D eigenvalue weighted by Crippen LogP contribution is 2.13. The number of hydrogen-bond donors (Lipinski definition) is 2. The van der Waals surface area contributed by atoms with Crippen molar-refractivity contribution >= 4 is 17.9 Å². The Bertz CT molecular complexity index is 685. The van der Waals surface area contributed by atoms with Crippen molar-refractivity contribution in [3.8, 4) is 0 Å². The Morgan fingerprint density at radius 3 is 2.61 bits per heavy atom. The Hall–Kier alpha value is -2.64. The Balaban J connectivity index is 1.86. The molecule has 8 nitrogen and oxygen atoms in total. The molecular formula is C20H30N4O4. The fourth-order valence-electron chi connectivity index (χ4n) is 2.95. The molecule has 0 atom stereocenters. The van der Waals surface area contributed by atoms with E-state index in [-0.39, 0.29) is 29.6 Å². The summed E-state index contributed by atoms with van der Waals surface area (Å²) in [6, 6.07) is 3.08. The lowest BCUT2D eigenvalue weighted by molar-refractivity contribution is 0.0859. The summed E-state index contributed by atoms with van der Waals surface area (Å²) >= 11 is 0. The summed E-state index contributed by atoms with van der Waals surface area (Å²) in [5, 5.41) is 5.79. The van der Waals surface area contributed by atoms with Crippen LogP contribution in [0.25, 0.3) is 0 Å². The summed E-state index contributed by atoms with van der Waals surface area (Å²) in [6.45, 7) is 7.98. The first kappa shape index (κ1) is 21.7. The van der Waals surface area contributed by atoms with Gasteiger partial charge in [-0.2, -0.15) is 0 Å². The lowest BCUT2D eigenvalue weighted by Crippen LogP contribution is -2.46. The molecule has 8 heteroatoms. The second-order valence-corrected chi connectivity index (χ2v) is 7.30. The Labute approximate surface area is 166 Å². The van der Waals surface area contributed by atoms with Crippen molar-refractivity contribution < 1.29 is 19.1 Å². The summed E-state index contributed by atoms with van der Waals surface area (Å²) < 4.78 is 5.00. The van der Waals surface area contributed by atoms with Gasteiger partial charge in [0.05, 0.1) is 6.61 Å². The first-order chi connectivity index (χ1) is 13.4. The molecule has 0 radical (unpaired) electrons. The van der Waals surface area contributed by atoms with Gasteiger partial charge in [0.15, 0.2) is 0 Å². The first-order valence-corrected chi connectivity index (χ1v) is 9.87. The molecule has 0 unspecified atom stereocenters. The number of ether oxygens (including phenoxy) is 1. The molecule has 3 amide bonds. The Kier molecular flexibility index (Phi) is 8.22. The number of carbonyl (C=O) groups excluding carboxylic acids is 3.